The van der Waals surface area contributed by atoms with Crippen molar-refractivity contribution in [2.75, 3.05) is 13.2 Å². The van der Waals surface area contributed by atoms with Crippen molar-refractivity contribution < 1.29 is 13.9 Å². The SMILES string of the molecule is CCC(CC)CNC(=O)COc1ccc(Br)cc1F. The van der Waals surface area contributed by atoms with E-state index in [2.05, 4.69) is 35.1 Å². The van der Waals surface area contributed by atoms with E-state index in [-0.39, 0.29) is 18.3 Å². The van der Waals surface area contributed by atoms with Crippen molar-refractivity contribution >= 4 is 21.8 Å². The average molecular weight is 332 g/mol. The molecule has 0 radical (unpaired) electrons. The van der Waals surface area contributed by atoms with Crippen LogP contribution in [0.2, 0.25) is 0 Å². The zero-order chi connectivity index (χ0) is 14.3. The van der Waals surface area contributed by atoms with Crippen LogP contribution in [-0.4, -0.2) is 19.1 Å². The molecule has 0 aromatic heterocycles. The van der Waals surface area contributed by atoms with Gasteiger partial charge in [0.25, 0.3) is 5.91 Å². The highest BCUT2D eigenvalue weighted by atomic mass is 79.9. The molecule has 5 heteroatoms. The van der Waals surface area contributed by atoms with E-state index in [1.165, 1.54) is 12.1 Å². The van der Waals surface area contributed by atoms with E-state index < -0.39 is 5.82 Å². The van der Waals surface area contributed by atoms with Crippen LogP contribution in [0, 0.1) is 11.7 Å². The zero-order valence-electron chi connectivity index (χ0n) is 11.2. The zero-order valence-corrected chi connectivity index (χ0v) is 12.8. The molecule has 0 heterocycles. The topological polar surface area (TPSA) is 38.3 Å². The number of amides is 1. The van der Waals surface area contributed by atoms with Crippen LogP contribution in [0.15, 0.2) is 22.7 Å². The Bertz CT molecular complexity index is 422. The molecule has 1 N–H and O–H groups in total. The first-order valence-corrected chi connectivity index (χ1v) is 7.20. The number of hydrogen-bond donors (Lipinski definition) is 1. The Kier molecular flexibility index (Phi) is 6.84. The lowest BCUT2D eigenvalue weighted by atomic mass is 10.0. The van der Waals surface area contributed by atoms with Crippen molar-refractivity contribution in [2.24, 2.45) is 5.92 Å². The third-order valence-electron chi connectivity index (χ3n) is 3.00. The first-order valence-electron chi connectivity index (χ1n) is 6.41. The summed E-state index contributed by atoms with van der Waals surface area (Å²) in [5.74, 6) is -0.148. The molecule has 1 rings (SSSR count). The van der Waals surface area contributed by atoms with Crippen LogP contribution in [0.3, 0.4) is 0 Å². The van der Waals surface area contributed by atoms with E-state index >= 15 is 0 Å². The standard InChI is InChI=1S/C14H19BrFNO2/c1-3-10(4-2)8-17-14(18)9-19-13-6-5-11(15)7-12(13)16/h5-7,10H,3-4,8-9H2,1-2H3,(H,17,18). The van der Waals surface area contributed by atoms with E-state index in [0.717, 1.165) is 12.8 Å². The molecular formula is C14H19BrFNO2. The average Bonchev–Trinajstić information content (AvgIpc) is 2.39. The molecule has 0 aliphatic heterocycles. The number of ether oxygens (including phenoxy) is 1. The molecule has 1 aromatic carbocycles. The summed E-state index contributed by atoms with van der Waals surface area (Å²) < 4.78 is 19.2. The summed E-state index contributed by atoms with van der Waals surface area (Å²) in [5.41, 5.74) is 0. The Hall–Kier alpha value is -1.10. The molecule has 0 atom stereocenters. The molecule has 0 spiro atoms. The van der Waals surface area contributed by atoms with Crippen LogP contribution < -0.4 is 10.1 Å². The number of benzene rings is 1. The number of nitrogens with one attached hydrogen (secondary N) is 1. The van der Waals surface area contributed by atoms with Crippen molar-refractivity contribution in [3.8, 4) is 5.75 Å². The van der Waals surface area contributed by atoms with Gasteiger partial charge in [-0.05, 0) is 24.1 Å². The minimum atomic E-state index is -0.484. The van der Waals surface area contributed by atoms with Crippen molar-refractivity contribution in [1.29, 1.82) is 0 Å². The fourth-order valence-electron chi connectivity index (χ4n) is 1.62. The summed E-state index contributed by atoms with van der Waals surface area (Å²) >= 11 is 3.16. The predicted molar refractivity (Wildman–Crippen MR) is 76.7 cm³/mol. The minimum Gasteiger partial charge on any atom is -0.481 e. The van der Waals surface area contributed by atoms with Gasteiger partial charge in [-0.2, -0.15) is 0 Å². The molecule has 1 amide bonds. The van der Waals surface area contributed by atoms with Gasteiger partial charge in [0.05, 0.1) is 0 Å². The lowest BCUT2D eigenvalue weighted by Gasteiger charge is -2.13. The lowest BCUT2D eigenvalue weighted by Crippen LogP contribution is -2.32. The fourth-order valence-corrected chi connectivity index (χ4v) is 1.96. The van der Waals surface area contributed by atoms with Gasteiger partial charge in [-0.25, -0.2) is 4.39 Å². The summed E-state index contributed by atoms with van der Waals surface area (Å²) in [4.78, 5) is 11.6. The first kappa shape index (κ1) is 16.0. The van der Waals surface area contributed by atoms with Crippen LogP contribution >= 0.6 is 15.9 Å². The number of rotatable bonds is 7. The van der Waals surface area contributed by atoms with Crippen molar-refractivity contribution in [3.63, 3.8) is 0 Å². The third-order valence-corrected chi connectivity index (χ3v) is 3.49. The molecule has 0 saturated heterocycles. The fraction of sp³-hybridized carbons (Fsp3) is 0.500. The van der Waals surface area contributed by atoms with Crippen molar-refractivity contribution in [1.82, 2.24) is 5.32 Å². The van der Waals surface area contributed by atoms with E-state index in [1.54, 1.807) is 6.07 Å². The highest BCUT2D eigenvalue weighted by molar-refractivity contribution is 9.10. The van der Waals surface area contributed by atoms with Gasteiger partial charge in [0.2, 0.25) is 0 Å². The maximum atomic E-state index is 13.4. The molecule has 3 nitrogen and oxygen atoms in total. The molecule has 106 valence electrons. The Morgan fingerprint density at radius 3 is 2.68 bits per heavy atom. The number of carbonyl (C=O) groups excluding carboxylic acids is 1. The monoisotopic (exact) mass is 331 g/mol. The van der Waals surface area contributed by atoms with Gasteiger partial charge in [0.1, 0.15) is 0 Å². The van der Waals surface area contributed by atoms with Crippen LogP contribution in [0.4, 0.5) is 4.39 Å². The maximum absolute atomic E-state index is 13.4. The van der Waals surface area contributed by atoms with E-state index in [0.29, 0.717) is 16.9 Å². The summed E-state index contributed by atoms with van der Waals surface area (Å²) in [6, 6.07) is 4.46. The molecule has 0 fully saturated rings. The molecule has 0 aliphatic rings. The van der Waals surface area contributed by atoms with Crippen LogP contribution in [0.25, 0.3) is 0 Å². The molecule has 0 bridgehead atoms. The van der Waals surface area contributed by atoms with Crippen molar-refractivity contribution in [2.45, 2.75) is 26.7 Å². The predicted octanol–water partition coefficient (Wildman–Crippen LogP) is 3.52. The Labute approximate surface area is 121 Å². The Morgan fingerprint density at radius 2 is 2.11 bits per heavy atom. The van der Waals surface area contributed by atoms with Gasteiger partial charge in [0.15, 0.2) is 18.2 Å². The van der Waals surface area contributed by atoms with Gasteiger partial charge >= 0.3 is 0 Å². The smallest absolute Gasteiger partial charge is 0.257 e. The van der Waals surface area contributed by atoms with Gasteiger partial charge in [-0.15, -0.1) is 0 Å². The van der Waals surface area contributed by atoms with E-state index in [4.69, 9.17) is 4.74 Å². The molecule has 0 unspecified atom stereocenters. The second-order valence-electron chi connectivity index (χ2n) is 4.35. The first-order chi connectivity index (χ1) is 9.06. The van der Waals surface area contributed by atoms with Crippen LogP contribution in [0.5, 0.6) is 5.75 Å². The minimum absolute atomic E-state index is 0.0842. The molecule has 0 aliphatic carbocycles. The van der Waals surface area contributed by atoms with E-state index in [9.17, 15) is 9.18 Å². The number of hydrogen-bond acceptors (Lipinski definition) is 2. The summed E-state index contributed by atoms with van der Waals surface area (Å²) in [6.07, 6.45) is 2.05. The van der Waals surface area contributed by atoms with Crippen molar-refractivity contribution in [3.05, 3.63) is 28.5 Å². The summed E-state index contributed by atoms with van der Waals surface area (Å²) in [6.45, 7) is 4.65. The maximum Gasteiger partial charge on any atom is 0.257 e. The molecule has 19 heavy (non-hydrogen) atoms. The molecule has 1 aromatic rings. The Morgan fingerprint density at radius 1 is 1.42 bits per heavy atom. The lowest BCUT2D eigenvalue weighted by molar-refractivity contribution is -0.123. The summed E-state index contributed by atoms with van der Waals surface area (Å²) in [7, 11) is 0. The highest BCUT2D eigenvalue weighted by Gasteiger charge is 2.09. The second-order valence-corrected chi connectivity index (χ2v) is 5.27. The second kappa shape index (κ2) is 8.15. The van der Waals surface area contributed by atoms with Gasteiger partial charge in [0, 0.05) is 11.0 Å². The van der Waals surface area contributed by atoms with Crippen LogP contribution in [-0.2, 0) is 4.79 Å². The normalized spacial score (nSPS) is 10.6. The largest absolute Gasteiger partial charge is 0.481 e. The molecule has 0 saturated carbocycles. The third kappa shape index (κ3) is 5.59. The molecular weight excluding hydrogens is 313 g/mol. The highest BCUT2D eigenvalue weighted by Crippen LogP contribution is 2.21. The van der Waals surface area contributed by atoms with Gasteiger partial charge in [-0.3, -0.25) is 4.79 Å². The number of carbonyl (C=O) groups is 1. The summed E-state index contributed by atoms with van der Waals surface area (Å²) in [5, 5.41) is 2.79. The quantitative estimate of drug-likeness (QED) is 0.830. The van der Waals surface area contributed by atoms with Gasteiger partial charge in [-0.1, -0.05) is 42.6 Å². The number of halogens is 2. The van der Waals surface area contributed by atoms with Gasteiger partial charge < -0.3 is 10.1 Å². The van der Waals surface area contributed by atoms with Crippen LogP contribution in [0.1, 0.15) is 26.7 Å². The Balaban J connectivity index is 2.37. The van der Waals surface area contributed by atoms with E-state index in [1.807, 2.05) is 0 Å².